The van der Waals surface area contributed by atoms with Gasteiger partial charge in [-0.1, -0.05) is 0 Å². The maximum absolute atomic E-state index is 13.5. The number of hydrogen-bond acceptors (Lipinski definition) is 7. The maximum atomic E-state index is 13.5. The fraction of sp³-hybridized carbons (Fsp3) is 0.619. The molecular weight excluding hydrogens is 386 g/mol. The van der Waals surface area contributed by atoms with Crippen molar-refractivity contribution in [1.82, 2.24) is 24.8 Å². The summed E-state index contributed by atoms with van der Waals surface area (Å²) in [6, 6.07) is 1.79. The normalized spacial score (nSPS) is 21.6. The average Bonchev–Trinajstić information content (AvgIpc) is 3.21. The fourth-order valence-electron chi connectivity index (χ4n) is 4.71. The predicted octanol–water partition coefficient (Wildman–Crippen LogP) is 2.44. The van der Waals surface area contributed by atoms with Crippen LogP contribution in [-0.2, 0) is 22.6 Å². The smallest absolute Gasteiger partial charge is 0.227 e. The van der Waals surface area contributed by atoms with E-state index in [9.17, 15) is 4.79 Å². The van der Waals surface area contributed by atoms with Crippen LogP contribution in [-0.4, -0.2) is 64.0 Å². The third kappa shape index (κ3) is 4.34. The fourth-order valence-corrected chi connectivity index (χ4v) is 5.69. The second kappa shape index (κ2) is 8.45. The Kier molecular flexibility index (Phi) is 5.94. The second-order valence-corrected chi connectivity index (χ2v) is 9.59. The SMILES string of the molecule is Cc1nc(C)c(CN2C[C@H](C(=O)N(C)Cc3ncccn3)C3(CCOCC3)C2)s1. The number of amides is 1. The summed E-state index contributed by atoms with van der Waals surface area (Å²) in [4.78, 5) is 32.2. The first-order valence-electron chi connectivity index (χ1n) is 10.2. The Balaban J connectivity index is 1.51. The zero-order valence-corrected chi connectivity index (χ0v) is 18.2. The van der Waals surface area contributed by atoms with Gasteiger partial charge in [0.25, 0.3) is 0 Å². The molecular formula is C21H29N5O2S. The molecule has 0 bridgehead atoms. The van der Waals surface area contributed by atoms with Crippen molar-refractivity contribution in [3.05, 3.63) is 39.9 Å². The van der Waals surface area contributed by atoms with Crippen LogP contribution in [0.3, 0.4) is 0 Å². The summed E-state index contributed by atoms with van der Waals surface area (Å²) >= 11 is 1.76. The van der Waals surface area contributed by atoms with Crippen LogP contribution in [0.25, 0.3) is 0 Å². The van der Waals surface area contributed by atoms with Crippen LogP contribution in [0.4, 0.5) is 0 Å². The monoisotopic (exact) mass is 415 g/mol. The molecule has 156 valence electrons. The summed E-state index contributed by atoms with van der Waals surface area (Å²) in [5.41, 5.74) is 1.11. The van der Waals surface area contributed by atoms with Crippen molar-refractivity contribution in [2.45, 2.75) is 39.8 Å². The number of likely N-dealkylation sites (tertiary alicyclic amines) is 1. The minimum atomic E-state index is -0.0190. The third-order valence-corrected chi connectivity index (χ3v) is 7.30. The van der Waals surface area contributed by atoms with E-state index in [-0.39, 0.29) is 17.2 Å². The lowest BCUT2D eigenvalue weighted by molar-refractivity contribution is -0.140. The van der Waals surface area contributed by atoms with Crippen molar-refractivity contribution in [2.24, 2.45) is 11.3 Å². The number of nitrogens with zero attached hydrogens (tertiary/aromatic N) is 5. The largest absolute Gasteiger partial charge is 0.381 e. The number of aromatic nitrogens is 3. The maximum Gasteiger partial charge on any atom is 0.227 e. The molecule has 8 heteroatoms. The Morgan fingerprint density at radius 3 is 2.69 bits per heavy atom. The molecule has 7 nitrogen and oxygen atoms in total. The van der Waals surface area contributed by atoms with E-state index in [2.05, 4.69) is 33.7 Å². The molecule has 0 radical (unpaired) electrons. The molecule has 1 atom stereocenters. The van der Waals surface area contributed by atoms with Gasteiger partial charge in [-0.2, -0.15) is 0 Å². The average molecular weight is 416 g/mol. The van der Waals surface area contributed by atoms with E-state index in [1.807, 2.05) is 7.05 Å². The molecule has 0 aliphatic carbocycles. The molecule has 1 amide bonds. The molecule has 0 saturated carbocycles. The van der Waals surface area contributed by atoms with Crippen molar-refractivity contribution in [1.29, 1.82) is 0 Å². The van der Waals surface area contributed by atoms with Gasteiger partial charge in [-0.05, 0) is 32.8 Å². The zero-order valence-electron chi connectivity index (χ0n) is 17.4. The molecule has 0 unspecified atom stereocenters. The van der Waals surface area contributed by atoms with Crippen LogP contribution < -0.4 is 0 Å². The Morgan fingerprint density at radius 1 is 1.31 bits per heavy atom. The van der Waals surface area contributed by atoms with E-state index < -0.39 is 0 Å². The third-order valence-electron chi connectivity index (χ3n) is 6.25. The Morgan fingerprint density at radius 2 is 2.03 bits per heavy atom. The first kappa shape index (κ1) is 20.4. The summed E-state index contributed by atoms with van der Waals surface area (Å²) in [6.45, 7) is 8.65. The number of aryl methyl sites for hydroxylation is 2. The molecule has 0 N–H and O–H groups in total. The molecule has 1 spiro atoms. The van der Waals surface area contributed by atoms with Crippen LogP contribution in [0.15, 0.2) is 18.5 Å². The standard InChI is InChI=1S/C21H29N5O2S/c1-15-18(29-16(2)24-15)12-26-11-17(21(14-26)5-9-28-10-6-21)20(27)25(3)13-19-22-7-4-8-23-19/h4,7-8,17H,5-6,9-14H2,1-3H3/t17-/m1/s1. The van der Waals surface area contributed by atoms with Gasteiger partial charge in [-0.25, -0.2) is 15.0 Å². The summed E-state index contributed by atoms with van der Waals surface area (Å²) < 4.78 is 5.65. The zero-order chi connectivity index (χ0) is 20.4. The van der Waals surface area contributed by atoms with Crippen molar-refractivity contribution >= 4 is 17.2 Å². The predicted molar refractivity (Wildman–Crippen MR) is 111 cm³/mol. The first-order chi connectivity index (χ1) is 14.0. The van der Waals surface area contributed by atoms with E-state index in [0.29, 0.717) is 12.4 Å². The highest BCUT2D eigenvalue weighted by atomic mass is 32.1. The van der Waals surface area contributed by atoms with Crippen molar-refractivity contribution in [3.8, 4) is 0 Å². The molecule has 2 fully saturated rings. The highest BCUT2D eigenvalue weighted by Gasteiger charge is 2.51. The number of thiazole rings is 1. The highest BCUT2D eigenvalue weighted by Crippen LogP contribution is 2.45. The van der Waals surface area contributed by atoms with Crippen molar-refractivity contribution in [3.63, 3.8) is 0 Å². The van der Waals surface area contributed by atoms with Crippen molar-refractivity contribution < 1.29 is 9.53 Å². The lowest BCUT2D eigenvalue weighted by Gasteiger charge is -2.38. The quantitative estimate of drug-likeness (QED) is 0.747. The number of hydrogen-bond donors (Lipinski definition) is 0. The topological polar surface area (TPSA) is 71.5 Å². The molecule has 4 rings (SSSR count). The van der Waals surface area contributed by atoms with Crippen LogP contribution in [0.2, 0.25) is 0 Å². The molecule has 2 saturated heterocycles. The number of carbonyl (C=O) groups excluding carboxylic acids is 1. The number of rotatable bonds is 5. The van der Waals surface area contributed by atoms with Gasteiger partial charge >= 0.3 is 0 Å². The van der Waals surface area contributed by atoms with Gasteiger partial charge in [-0.3, -0.25) is 9.69 Å². The molecule has 0 aromatic carbocycles. The number of carbonyl (C=O) groups is 1. The molecule has 29 heavy (non-hydrogen) atoms. The van der Waals surface area contributed by atoms with Gasteiger partial charge in [0.2, 0.25) is 5.91 Å². The Labute approximate surface area is 176 Å². The summed E-state index contributed by atoms with van der Waals surface area (Å²) in [5, 5.41) is 1.10. The van der Waals surface area contributed by atoms with Crippen LogP contribution in [0.1, 0.15) is 34.2 Å². The van der Waals surface area contributed by atoms with Gasteiger partial charge in [0.15, 0.2) is 0 Å². The van der Waals surface area contributed by atoms with E-state index in [0.717, 1.165) is 56.4 Å². The van der Waals surface area contributed by atoms with E-state index in [1.54, 1.807) is 34.7 Å². The van der Waals surface area contributed by atoms with E-state index >= 15 is 0 Å². The van der Waals surface area contributed by atoms with Gasteiger partial charge in [0.05, 0.1) is 23.2 Å². The second-order valence-electron chi connectivity index (χ2n) is 8.30. The lowest BCUT2D eigenvalue weighted by Crippen LogP contribution is -2.45. The van der Waals surface area contributed by atoms with Gasteiger partial charge < -0.3 is 9.64 Å². The summed E-state index contributed by atoms with van der Waals surface area (Å²) in [5.74, 6) is 0.850. The van der Waals surface area contributed by atoms with Gasteiger partial charge in [-0.15, -0.1) is 11.3 Å². The molecule has 2 aliphatic rings. The lowest BCUT2D eigenvalue weighted by atomic mass is 9.71. The molecule has 2 aliphatic heterocycles. The van der Waals surface area contributed by atoms with E-state index in [1.165, 1.54) is 4.88 Å². The Hall–Kier alpha value is -1.90. The highest BCUT2D eigenvalue weighted by molar-refractivity contribution is 7.11. The summed E-state index contributed by atoms with van der Waals surface area (Å²) in [6.07, 6.45) is 5.32. The van der Waals surface area contributed by atoms with Crippen molar-refractivity contribution in [2.75, 3.05) is 33.4 Å². The van der Waals surface area contributed by atoms with Crippen LogP contribution >= 0.6 is 11.3 Å². The number of ether oxygens (including phenoxy) is 1. The molecule has 4 heterocycles. The van der Waals surface area contributed by atoms with Gasteiger partial charge in [0.1, 0.15) is 5.82 Å². The Bertz CT molecular complexity index is 850. The van der Waals surface area contributed by atoms with E-state index in [4.69, 9.17) is 4.74 Å². The first-order valence-corrected chi connectivity index (χ1v) is 11.0. The van der Waals surface area contributed by atoms with Gasteiger partial charge in [0, 0.05) is 62.6 Å². The minimum absolute atomic E-state index is 0.00518. The molecule has 2 aromatic heterocycles. The van der Waals surface area contributed by atoms with Crippen LogP contribution in [0, 0.1) is 25.2 Å². The summed E-state index contributed by atoms with van der Waals surface area (Å²) in [7, 11) is 1.87. The minimum Gasteiger partial charge on any atom is -0.381 e. The van der Waals surface area contributed by atoms with Crippen LogP contribution in [0.5, 0.6) is 0 Å². The molecule has 2 aromatic rings.